The molecule has 0 bridgehead atoms. The molecule has 3 rings (SSSR count). The first-order valence-corrected chi connectivity index (χ1v) is 6.02. The van der Waals surface area contributed by atoms with Gasteiger partial charge in [-0.2, -0.15) is 0 Å². The van der Waals surface area contributed by atoms with Crippen molar-refractivity contribution in [1.82, 2.24) is 19.9 Å². The summed E-state index contributed by atoms with van der Waals surface area (Å²) < 4.78 is 0. The van der Waals surface area contributed by atoms with E-state index in [0.717, 1.165) is 28.0 Å². The normalized spacial score (nSPS) is 10.8. The van der Waals surface area contributed by atoms with E-state index in [9.17, 15) is 0 Å². The van der Waals surface area contributed by atoms with Crippen LogP contribution in [0.1, 0.15) is 11.4 Å². The number of hydrogen-bond donors (Lipinski definition) is 1. The summed E-state index contributed by atoms with van der Waals surface area (Å²) in [7, 11) is 0. The quantitative estimate of drug-likeness (QED) is 0.752. The highest BCUT2D eigenvalue weighted by atomic mass is 14.9. The fourth-order valence-corrected chi connectivity index (χ4v) is 1.97. The third-order valence-corrected chi connectivity index (χ3v) is 2.84. The van der Waals surface area contributed by atoms with Crippen molar-refractivity contribution < 1.29 is 0 Å². The molecule has 2 N–H and O–H groups in total. The number of hydrogen-bond acceptors (Lipinski definition) is 5. The van der Waals surface area contributed by atoms with Crippen LogP contribution < -0.4 is 5.73 Å². The van der Waals surface area contributed by atoms with Crippen LogP contribution in [0.4, 0.5) is 0 Å². The van der Waals surface area contributed by atoms with Gasteiger partial charge in [0.05, 0.1) is 16.7 Å². The molecule has 0 saturated carbocycles. The number of rotatable bonds is 2. The maximum Gasteiger partial charge on any atom is 0.159 e. The van der Waals surface area contributed by atoms with E-state index in [1.807, 2.05) is 31.2 Å². The van der Waals surface area contributed by atoms with Gasteiger partial charge in [0.2, 0.25) is 0 Å². The van der Waals surface area contributed by atoms with Gasteiger partial charge in [-0.3, -0.25) is 9.97 Å². The molecule has 1 aromatic carbocycles. The summed E-state index contributed by atoms with van der Waals surface area (Å²) in [6.07, 6.45) is 3.35. The lowest BCUT2D eigenvalue weighted by molar-refractivity contribution is 0.953. The molecule has 0 amide bonds. The lowest BCUT2D eigenvalue weighted by Crippen LogP contribution is -2.03. The van der Waals surface area contributed by atoms with Crippen LogP contribution in [0.25, 0.3) is 22.4 Å². The molecule has 0 spiro atoms. The lowest BCUT2D eigenvalue weighted by atomic mass is 10.1. The molecule has 0 aliphatic rings. The Labute approximate surface area is 110 Å². The SMILES string of the molecule is Cc1cc(CN)nc(-c2ccc3nccnc3c2)n1. The minimum absolute atomic E-state index is 0.406. The van der Waals surface area contributed by atoms with Crippen LogP contribution in [0.3, 0.4) is 0 Å². The van der Waals surface area contributed by atoms with Crippen molar-refractivity contribution >= 4 is 11.0 Å². The second kappa shape index (κ2) is 4.70. The van der Waals surface area contributed by atoms with Crippen LogP contribution in [0.2, 0.25) is 0 Å². The molecule has 94 valence electrons. The number of aryl methyl sites for hydroxylation is 1. The van der Waals surface area contributed by atoms with Gasteiger partial charge in [0, 0.05) is 30.2 Å². The van der Waals surface area contributed by atoms with Crippen LogP contribution in [0.5, 0.6) is 0 Å². The molecule has 0 unspecified atom stereocenters. The minimum atomic E-state index is 0.406. The van der Waals surface area contributed by atoms with Crippen molar-refractivity contribution in [3.63, 3.8) is 0 Å². The summed E-state index contributed by atoms with van der Waals surface area (Å²) in [6, 6.07) is 7.71. The van der Waals surface area contributed by atoms with Crippen LogP contribution in [-0.2, 0) is 6.54 Å². The zero-order valence-corrected chi connectivity index (χ0v) is 10.5. The second-order valence-electron chi connectivity index (χ2n) is 4.29. The molecule has 0 fully saturated rings. The van der Waals surface area contributed by atoms with Crippen LogP contribution in [0.15, 0.2) is 36.7 Å². The number of fused-ring (bicyclic) bond motifs is 1. The fraction of sp³-hybridized carbons (Fsp3) is 0.143. The summed E-state index contributed by atoms with van der Waals surface area (Å²) in [4.78, 5) is 17.4. The standard InChI is InChI=1S/C14H13N5/c1-9-6-11(8-15)19-14(18-9)10-2-3-12-13(7-10)17-5-4-16-12/h2-7H,8,15H2,1H3. The second-order valence-corrected chi connectivity index (χ2v) is 4.29. The van der Waals surface area contributed by atoms with Crippen molar-refractivity contribution in [2.75, 3.05) is 0 Å². The molecule has 5 nitrogen and oxygen atoms in total. The summed E-state index contributed by atoms with van der Waals surface area (Å²) >= 11 is 0. The van der Waals surface area contributed by atoms with Crippen molar-refractivity contribution in [2.24, 2.45) is 5.73 Å². The van der Waals surface area contributed by atoms with E-state index < -0.39 is 0 Å². The van der Waals surface area contributed by atoms with E-state index in [1.165, 1.54) is 0 Å². The highest BCUT2D eigenvalue weighted by Gasteiger charge is 2.06. The van der Waals surface area contributed by atoms with Crippen molar-refractivity contribution in [2.45, 2.75) is 13.5 Å². The fourth-order valence-electron chi connectivity index (χ4n) is 1.97. The molecule has 0 atom stereocenters. The molecular formula is C14H13N5. The van der Waals surface area contributed by atoms with Gasteiger partial charge >= 0.3 is 0 Å². The van der Waals surface area contributed by atoms with E-state index in [-0.39, 0.29) is 0 Å². The van der Waals surface area contributed by atoms with E-state index in [0.29, 0.717) is 12.4 Å². The van der Waals surface area contributed by atoms with Crippen LogP contribution in [-0.4, -0.2) is 19.9 Å². The monoisotopic (exact) mass is 251 g/mol. The molecule has 0 aliphatic heterocycles. The Morgan fingerprint density at radius 2 is 1.79 bits per heavy atom. The van der Waals surface area contributed by atoms with Gasteiger partial charge in [-0.15, -0.1) is 0 Å². The van der Waals surface area contributed by atoms with E-state index >= 15 is 0 Å². The number of benzene rings is 1. The summed E-state index contributed by atoms with van der Waals surface area (Å²) in [5.74, 6) is 0.674. The predicted octanol–water partition coefficient (Wildman–Crippen LogP) is 1.85. The molecule has 0 saturated heterocycles. The summed E-state index contributed by atoms with van der Waals surface area (Å²) in [5.41, 5.74) is 10.0. The number of nitrogens with zero attached hydrogens (tertiary/aromatic N) is 4. The molecule has 3 aromatic rings. The highest BCUT2D eigenvalue weighted by Crippen LogP contribution is 2.19. The molecule has 2 heterocycles. The Balaban J connectivity index is 2.15. The first-order chi connectivity index (χ1) is 9.26. The zero-order chi connectivity index (χ0) is 13.2. The topological polar surface area (TPSA) is 77.6 Å². The van der Waals surface area contributed by atoms with Gasteiger partial charge in [0.1, 0.15) is 0 Å². The average Bonchev–Trinajstić information content (AvgIpc) is 2.46. The van der Waals surface area contributed by atoms with Crippen molar-refractivity contribution in [3.8, 4) is 11.4 Å². The maximum absolute atomic E-state index is 5.64. The number of nitrogens with two attached hydrogens (primary N) is 1. The highest BCUT2D eigenvalue weighted by molar-refractivity contribution is 5.79. The lowest BCUT2D eigenvalue weighted by Gasteiger charge is -2.05. The third kappa shape index (κ3) is 2.28. The Bertz CT molecular complexity index is 739. The molecule has 2 aromatic heterocycles. The van der Waals surface area contributed by atoms with Crippen LogP contribution in [0, 0.1) is 6.92 Å². The molecule has 0 aliphatic carbocycles. The molecule has 19 heavy (non-hydrogen) atoms. The van der Waals surface area contributed by atoms with E-state index in [2.05, 4.69) is 19.9 Å². The molecular weight excluding hydrogens is 238 g/mol. The van der Waals surface area contributed by atoms with E-state index in [4.69, 9.17) is 5.73 Å². The first kappa shape index (κ1) is 11.7. The van der Waals surface area contributed by atoms with E-state index in [1.54, 1.807) is 12.4 Å². The van der Waals surface area contributed by atoms with Gasteiger partial charge in [-0.25, -0.2) is 9.97 Å². The Hall–Kier alpha value is -2.40. The van der Waals surface area contributed by atoms with Crippen molar-refractivity contribution in [1.29, 1.82) is 0 Å². The molecule has 0 radical (unpaired) electrons. The van der Waals surface area contributed by atoms with Gasteiger partial charge in [-0.05, 0) is 31.2 Å². The Morgan fingerprint density at radius 1 is 1.00 bits per heavy atom. The Morgan fingerprint density at radius 3 is 2.58 bits per heavy atom. The minimum Gasteiger partial charge on any atom is -0.325 e. The third-order valence-electron chi connectivity index (χ3n) is 2.84. The smallest absolute Gasteiger partial charge is 0.159 e. The van der Waals surface area contributed by atoms with Gasteiger partial charge < -0.3 is 5.73 Å². The van der Waals surface area contributed by atoms with Gasteiger partial charge in [0.25, 0.3) is 0 Å². The Kier molecular flexibility index (Phi) is 2.89. The largest absolute Gasteiger partial charge is 0.325 e. The van der Waals surface area contributed by atoms with Gasteiger partial charge in [-0.1, -0.05) is 0 Å². The first-order valence-electron chi connectivity index (χ1n) is 6.02. The van der Waals surface area contributed by atoms with Crippen molar-refractivity contribution in [3.05, 3.63) is 48.0 Å². The zero-order valence-electron chi connectivity index (χ0n) is 10.5. The van der Waals surface area contributed by atoms with Gasteiger partial charge in [0.15, 0.2) is 5.82 Å². The van der Waals surface area contributed by atoms with Crippen LogP contribution >= 0.6 is 0 Å². The summed E-state index contributed by atoms with van der Waals surface area (Å²) in [6.45, 7) is 2.34. The summed E-state index contributed by atoms with van der Waals surface area (Å²) in [5, 5.41) is 0. The maximum atomic E-state index is 5.64. The average molecular weight is 251 g/mol. The predicted molar refractivity (Wildman–Crippen MR) is 73.2 cm³/mol. The molecule has 5 heteroatoms. The number of aromatic nitrogens is 4.